The van der Waals surface area contributed by atoms with E-state index in [1.807, 2.05) is 37.3 Å². The zero-order valence-corrected chi connectivity index (χ0v) is 10.3. The van der Waals surface area contributed by atoms with Crippen molar-refractivity contribution >= 4 is 5.84 Å². The van der Waals surface area contributed by atoms with Gasteiger partial charge >= 0.3 is 0 Å². The Labute approximate surface area is 106 Å². The Hall–Kier alpha value is -2.07. The lowest BCUT2D eigenvalue weighted by Gasteiger charge is -2.08. The Morgan fingerprint density at radius 1 is 1.33 bits per heavy atom. The van der Waals surface area contributed by atoms with Crippen LogP contribution in [0.4, 0.5) is 0 Å². The van der Waals surface area contributed by atoms with Crippen LogP contribution in [-0.4, -0.2) is 5.84 Å². The maximum atomic E-state index is 7.37. The van der Waals surface area contributed by atoms with Gasteiger partial charge < -0.3 is 14.9 Å². The fourth-order valence-electron chi connectivity index (χ4n) is 1.68. The summed E-state index contributed by atoms with van der Waals surface area (Å²) in [5.74, 6) is 0.897. The molecule has 0 unspecified atom stereocenters. The van der Waals surface area contributed by atoms with Crippen LogP contribution in [0.2, 0.25) is 0 Å². The lowest BCUT2D eigenvalue weighted by Crippen LogP contribution is -2.11. The standard InChI is InChI=1S/C14H16N2O2/c1-10-7-11(14(15)16)4-5-12(10)8-17-9-13-3-2-6-18-13/h2-7H,8-9H2,1H3,(H3,15,16). The van der Waals surface area contributed by atoms with Crippen molar-refractivity contribution in [3.05, 3.63) is 59.0 Å². The van der Waals surface area contributed by atoms with Crippen molar-refractivity contribution in [3.63, 3.8) is 0 Å². The van der Waals surface area contributed by atoms with Gasteiger partial charge in [0.1, 0.15) is 18.2 Å². The molecule has 0 amide bonds. The lowest BCUT2D eigenvalue weighted by molar-refractivity contribution is 0.0926. The second-order valence-electron chi connectivity index (χ2n) is 4.13. The minimum absolute atomic E-state index is 0.0844. The van der Waals surface area contributed by atoms with Gasteiger partial charge in [-0.25, -0.2) is 0 Å². The first-order chi connectivity index (χ1) is 8.66. The summed E-state index contributed by atoms with van der Waals surface area (Å²) in [6, 6.07) is 9.39. The number of nitrogens with two attached hydrogens (primary N) is 1. The first kappa shape index (κ1) is 12.4. The average molecular weight is 244 g/mol. The van der Waals surface area contributed by atoms with Crippen molar-refractivity contribution in [2.75, 3.05) is 0 Å². The van der Waals surface area contributed by atoms with E-state index in [9.17, 15) is 0 Å². The molecule has 2 rings (SSSR count). The number of rotatable bonds is 5. The van der Waals surface area contributed by atoms with Crippen molar-refractivity contribution in [1.82, 2.24) is 0 Å². The van der Waals surface area contributed by atoms with Crippen LogP contribution >= 0.6 is 0 Å². The van der Waals surface area contributed by atoms with Gasteiger partial charge in [-0.05, 0) is 36.2 Å². The van der Waals surface area contributed by atoms with E-state index in [2.05, 4.69) is 0 Å². The predicted octanol–water partition coefficient (Wildman–Crippen LogP) is 2.59. The summed E-state index contributed by atoms with van der Waals surface area (Å²) in [4.78, 5) is 0. The molecule has 0 atom stereocenters. The van der Waals surface area contributed by atoms with E-state index < -0.39 is 0 Å². The Morgan fingerprint density at radius 2 is 2.17 bits per heavy atom. The fourth-order valence-corrected chi connectivity index (χ4v) is 1.68. The van der Waals surface area contributed by atoms with Gasteiger partial charge in [0.2, 0.25) is 0 Å². The first-order valence-corrected chi connectivity index (χ1v) is 5.71. The van der Waals surface area contributed by atoms with E-state index in [0.717, 1.165) is 22.5 Å². The molecule has 0 saturated heterocycles. The zero-order chi connectivity index (χ0) is 13.0. The second-order valence-corrected chi connectivity index (χ2v) is 4.13. The molecule has 0 radical (unpaired) electrons. The molecule has 0 aliphatic rings. The van der Waals surface area contributed by atoms with E-state index in [-0.39, 0.29) is 5.84 Å². The van der Waals surface area contributed by atoms with Crippen molar-refractivity contribution in [2.45, 2.75) is 20.1 Å². The second kappa shape index (κ2) is 5.51. The van der Waals surface area contributed by atoms with Gasteiger partial charge in [0.05, 0.1) is 12.9 Å². The third kappa shape index (κ3) is 2.99. The van der Waals surface area contributed by atoms with Crippen LogP contribution < -0.4 is 5.73 Å². The molecule has 4 nitrogen and oxygen atoms in total. The van der Waals surface area contributed by atoms with Crippen molar-refractivity contribution in [3.8, 4) is 0 Å². The van der Waals surface area contributed by atoms with Crippen molar-refractivity contribution < 1.29 is 9.15 Å². The van der Waals surface area contributed by atoms with Gasteiger partial charge in [0.15, 0.2) is 0 Å². The van der Waals surface area contributed by atoms with Crippen LogP contribution in [0.15, 0.2) is 41.0 Å². The first-order valence-electron chi connectivity index (χ1n) is 5.71. The monoisotopic (exact) mass is 244 g/mol. The molecule has 0 fully saturated rings. The molecule has 0 bridgehead atoms. The molecule has 0 aliphatic heterocycles. The Kier molecular flexibility index (Phi) is 3.79. The molecule has 0 saturated carbocycles. The summed E-state index contributed by atoms with van der Waals surface area (Å²) < 4.78 is 10.7. The summed E-state index contributed by atoms with van der Waals surface area (Å²) >= 11 is 0. The highest BCUT2D eigenvalue weighted by atomic mass is 16.5. The topological polar surface area (TPSA) is 72.2 Å². The molecule has 1 aromatic carbocycles. The van der Waals surface area contributed by atoms with E-state index in [0.29, 0.717) is 13.2 Å². The van der Waals surface area contributed by atoms with E-state index in [1.54, 1.807) is 6.26 Å². The van der Waals surface area contributed by atoms with Crippen LogP contribution in [-0.2, 0) is 18.0 Å². The highest BCUT2D eigenvalue weighted by Gasteiger charge is 2.03. The highest BCUT2D eigenvalue weighted by Crippen LogP contribution is 2.13. The number of nitrogens with one attached hydrogen (secondary N) is 1. The molecule has 0 aliphatic carbocycles. The third-order valence-electron chi connectivity index (χ3n) is 2.74. The third-order valence-corrected chi connectivity index (χ3v) is 2.74. The van der Waals surface area contributed by atoms with Gasteiger partial charge in [-0.15, -0.1) is 0 Å². The maximum Gasteiger partial charge on any atom is 0.129 e. The van der Waals surface area contributed by atoms with Crippen molar-refractivity contribution in [1.29, 1.82) is 5.41 Å². The molecule has 3 N–H and O–H groups in total. The Morgan fingerprint density at radius 3 is 2.78 bits per heavy atom. The molecule has 94 valence electrons. The van der Waals surface area contributed by atoms with Crippen molar-refractivity contribution in [2.24, 2.45) is 5.73 Å². The predicted molar refractivity (Wildman–Crippen MR) is 69.4 cm³/mol. The van der Waals surface area contributed by atoms with Crippen LogP contribution in [0.1, 0.15) is 22.5 Å². The zero-order valence-electron chi connectivity index (χ0n) is 10.3. The normalized spacial score (nSPS) is 10.5. The number of hydrogen-bond acceptors (Lipinski definition) is 3. The number of furan rings is 1. The number of nitrogen functional groups attached to an aromatic ring is 1. The summed E-state index contributed by atoms with van der Waals surface area (Å²) in [7, 11) is 0. The van der Waals surface area contributed by atoms with Crippen LogP contribution in [0.5, 0.6) is 0 Å². The molecule has 0 spiro atoms. The Balaban J connectivity index is 1.95. The number of ether oxygens (including phenoxy) is 1. The molecule has 1 heterocycles. The van der Waals surface area contributed by atoms with Gasteiger partial charge in [0, 0.05) is 5.56 Å². The SMILES string of the molecule is Cc1cc(C(=N)N)ccc1COCc1ccco1. The smallest absolute Gasteiger partial charge is 0.129 e. The Bertz CT molecular complexity index is 533. The number of hydrogen-bond donors (Lipinski definition) is 2. The molecule has 2 aromatic rings. The van der Waals surface area contributed by atoms with E-state index >= 15 is 0 Å². The summed E-state index contributed by atoms with van der Waals surface area (Å²) in [6.07, 6.45) is 1.63. The minimum atomic E-state index is 0.0844. The van der Waals surface area contributed by atoms with E-state index in [1.165, 1.54) is 0 Å². The molecule has 18 heavy (non-hydrogen) atoms. The quantitative estimate of drug-likeness (QED) is 0.627. The summed E-state index contributed by atoms with van der Waals surface area (Å²) in [5, 5.41) is 7.37. The van der Waals surface area contributed by atoms with Gasteiger partial charge in [-0.1, -0.05) is 12.1 Å². The van der Waals surface area contributed by atoms with Crippen LogP contribution in [0.25, 0.3) is 0 Å². The molecular weight excluding hydrogens is 228 g/mol. The largest absolute Gasteiger partial charge is 0.467 e. The maximum absolute atomic E-state index is 7.37. The highest BCUT2D eigenvalue weighted by molar-refractivity contribution is 5.95. The van der Waals surface area contributed by atoms with Gasteiger partial charge in [-0.2, -0.15) is 0 Å². The summed E-state index contributed by atoms with van der Waals surface area (Å²) in [5.41, 5.74) is 8.34. The van der Waals surface area contributed by atoms with Gasteiger partial charge in [-0.3, -0.25) is 5.41 Å². The molecule has 1 aromatic heterocycles. The summed E-state index contributed by atoms with van der Waals surface area (Å²) in [6.45, 7) is 2.96. The van der Waals surface area contributed by atoms with Crippen LogP contribution in [0.3, 0.4) is 0 Å². The lowest BCUT2D eigenvalue weighted by atomic mass is 10.1. The van der Waals surface area contributed by atoms with E-state index in [4.69, 9.17) is 20.3 Å². The van der Waals surface area contributed by atoms with Crippen LogP contribution in [0, 0.1) is 12.3 Å². The number of benzene rings is 1. The molecule has 4 heteroatoms. The fraction of sp³-hybridized carbons (Fsp3) is 0.214. The number of aryl methyl sites for hydroxylation is 1. The minimum Gasteiger partial charge on any atom is -0.467 e. The number of amidine groups is 1. The average Bonchev–Trinajstić information content (AvgIpc) is 2.84. The van der Waals surface area contributed by atoms with Gasteiger partial charge in [0.25, 0.3) is 0 Å². The molecular formula is C14H16N2O2.